The number of likely N-dealkylation sites (tertiary alicyclic amines) is 1. The Hall–Kier alpha value is -3.09. The van der Waals surface area contributed by atoms with Gasteiger partial charge in [0, 0.05) is 52.2 Å². The first-order valence-corrected chi connectivity index (χ1v) is 17.3. The van der Waals surface area contributed by atoms with Crippen LogP contribution in [-0.2, 0) is 30.4 Å². The molecule has 0 spiro atoms. The number of hydrogen-bond donors (Lipinski definition) is 6. The molecule has 1 aliphatic heterocycles. The normalized spacial score (nSPS) is 17.9. The maximum atomic E-state index is 14.0. The highest BCUT2D eigenvalue weighted by Crippen LogP contribution is 2.27. The van der Waals surface area contributed by atoms with Gasteiger partial charge in [-0.15, -0.1) is 6.58 Å². The largest absolute Gasteiger partial charge is 0.389 e. The van der Waals surface area contributed by atoms with Crippen LogP contribution < -0.4 is 26.6 Å². The van der Waals surface area contributed by atoms with Gasteiger partial charge in [-0.3, -0.25) is 23.7 Å². The maximum Gasteiger partial charge on any atom is 0.389 e. The average Bonchev–Trinajstić information content (AvgIpc) is 3.47. The van der Waals surface area contributed by atoms with Crippen LogP contribution >= 0.6 is 0 Å². The maximum absolute atomic E-state index is 14.0. The lowest BCUT2D eigenvalue weighted by Crippen LogP contribution is -2.61. The molecule has 0 saturated carbocycles. The van der Waals surface area contributed by atoms with Gasteiger partial charge < -0.3 is 31.5 Å². The van der Waals surface area contributed by atoms with Crippen molar-refractivity contribution in [3.8, 4) is 0 Å². The Bertz CT molecular complexity index is 1190. The Morgan fingerprint density at radius 2 is 1.67 bits per heavy atom. The van der Waals surface area contributed by atoms with E-state index in [1.165, 1.54) is 22.3 Å². The van der Waals surface area contributed by atoms with Crippen LogP contribution in [0.5, 0.6) is 0 Å². The van der Waals surface area contributed by atoms with Gasteiger partial charge >= 0.3 is 12.2 Å². The summed E-state index contributed by atoms with van der Waals surface area (Å²) in [5.74, 6) is -3.55. The molecule has 6 N–H and O–H groups in total. The number of urea groups is 1. The van der Waals surface area contributed by atoms with Crippen molar-refractivity contribution < 1.29 is 45.9 Å². The Kier molecular flexibility index (Phi) is 17.3. The summed E-state index contributed by atoms with van der Waals surface area (Å²) in [5.41, 5.74) is -1.25. The first kappa shape index (κ1) is 43.9. The third kappa shape index (κ3) is 15.6. The predicted molar refractivity (Wildman–Crippen MR) is 179 cm³/mol. The second-order valence-electron chi connectivity index (χ2n) is 14.2. The molecule has 1 aliphatic rings. The van der Waals surface area contributed by atoms with Crippen molar-refractivity contribution in [2.45, 2.75) is 104 Å². The summed E-state index contributed by atoms with van der Waals surface area (Å²) < 4.78 is 60.0. The van der Waals surface area contributed by atoms with E-state index >= 15 is 0 Å². The van der Waals surface area contributed by atoms with E-state index in [1.807, 2.05) is 20.8 Å². The highest BCUT2D eigenvalue weighted by molar-refractivity contribution is 7.76. The van der Waals surface area contributed by atoms with Crippen molar-refractivity contribution in [2.24, 2.45) is 10.8 Å². The van der Waals surface area contributed by atoms with Gasteiger partial charge in [0.05, 0.1) is 6.04 Å². The fraction of sp³-hybridized carbons (Fsp3) is 0.774. The number of alkyl halides is 3. The molecule has 1 saturated heterocycles. The van der Waals surface area contributed by atoms with Gasteiger partial charge in [0.1, 0.15) is 12.1 Å². The standard InChI is InChI=1S/C31H54F3N7O7S/c1-9-15-36-26(44)23(42)20(12-10-14-31(32,33)34)37-25(43)21-13-11-17-41(21)27(45)24(30(5,6)7)39-28(46)38-22(29(2,3)4)19-35-16-18-40(8)49(47)48/h9,20-22,24,35H,1,10-19H2,2-8H3,(H,36,44)(H,37,43)(H,47,48)(H2,38,39,46)/t20?,21-,22+,24+/m0/s1. The lowest BCUT2D eigenvalue weighted by atomic mass is 9.85. The molecular formula is C31H54F3N7O7S. The fourth-order valence-electron chi connectivity index (χ4n) is 5.04. The number of rotatable bonds is 18. The lowest BCUT2D eigenvalue weighted by Gasteiger charge is -2.37. The van der Waals surface area contributed by atoms with E-state index in [2.05, 4.69) is 33.2 Å². The van der Waals surface area contributed by atoms with Crippen molar-refractivity contribution in [1.82, 2.24) is 35.8 Å². The number of amides is 5. The van der Waals surface area contributed by atoms with Crippen molar-refractivity contribution in [2.75, 3.05) is 39.8 Å². The van der Waals surface area contributed by atoms with Gasteiger partial charge in [-0.05, 0) is 36.5 Å². The van der Waals surface area contributed by atoms with Crippen LogP contribution in [0.25, 0.3) is 0 Å². The molecule has 5 atom stereocenters. The van der Waals surface area contributed by atoms with Gasteiger partial charge in [0.25, 0.3) is 5.91 Å². The van der Waals surface area contributed by atoms with E-state index in [0.29, 0.717) is 19.5 Å². The number of halogens is 3. The smallest absolute Gasteiger partial charge is 0.346 e. The molecule has 0 aliphatic carbocycles. The zero-order valence-electron chi connectivity index (χ0n) is 29.5. The molecule has 2 unspecified atom stereocenters. The molecule has 14 nitrogen and oxygen atoms in total. The van der Waals surface area contributed by atoms with E-state index in [4.69, 9.17) is 4.55 Å². The highest BCUT2D eigenvalue weighted by Gasteiger charge is 2.43. The molecule has 0 aromatic heterocycles. The predicted octanol–water partition coefficient (Wildman–Crippen LogP) is 1.85. The van der Waals surface area contributed by atoms with Crippen LogP contribution in [0.4, 0.5) is 18.0 Å². The Balaban J connectivity index is 3.09. The monoisotopic (exact) mass is 725 g/mol. The third-order valence-corrected chi connectivity index (χ3v) is 8.73. The molecule has 5 amide bonds. The van der Waals surface area contributed by atoms with Gasteiger partial charge in [-0.1, -0.05) is 47.6 Å². The van der Waals surface area contributed by atoms with Crippen molar-refractivity contribution in [1.29, 1.82) is 0 Å². The molecule has 1 fully saturated rings. The van der Waals surface area contributed by atoms with Crippen LogP contribution in [0.2, 0.25) is 0 Å². The molecule has 282 valence electrons. The number of nitrogens with one attached hydrogen (secondary N) is 5. The second kappa shape index (κ2) is 19.3. The number of Topliss-reactive ketones (excluding diaryl/α,β-unsaturated/α-hetero) is 1. The third-order valence-electron chi connectivity index (χ3n) is 8.01. The fourth-order valence-corrected chi connectivity index (χ4v) is 5.28. The van der Waals surface area contributed by atoms with Crippen molar-refractivity contribution in [3.05, 3.63) is 12.7 Å². The van der Waals surface area contributed by atoms with Crippen LogP contribution in [0.3, 0.4) is 0 Å². The first-order valence-electron chi connectivity index (χ1n) is 16.2. The topological polar surface area (TPSA) is 189 Å². The molecule has 0 radical (unpaired) electrons. The minimum absolute atomic E-state index is 0.0636. The summed E-state index contributed by atoms with van der Waals surface area (Å²) in [5, 5.41) is 13.5. The molecule has 1 heterocycles. The van der Waals surface area contributed by atoms with E-state index in [-0.39, 0.29) is 26.1 Å². The number of likely N-dealkylation sites (N-methyl/N-ethyl adjacent to an activating group) is 1. The summed E-state index contributed by atoms with van der Waals surface area (Å²) in [6.45, 7) is 15.5. The summed E-state index contributed by atoms with van der Waals surface area (Å²) in [6, 6.07) is -4.79. The summed E-state index contributed by atoms with van der Waals surface area (Å²) in [4.78, 5) is 67.2. The molecule has 1 rings (SSSR count). The van der Waals surface area contributed by atoms with Crippen LogP contribution in [-0.4, -0.2) is 118 Å². The van der Waals surface area contributed by atoms with Crippen LogP contribution in [0.15, 0.2) is 12.7 Å². The number of hydrogen-bond acceptors (Lipinski definition) is 7. The molecule has 0 aromatic rings. The number of carbonyl (C=O) groups excluding carboxylic acids is 5. The van der Waals surface area contributed by atoms with Crippen LogP contribution in [0, 0.1) is 10.8 Å². The summed E-state index contributed by atoms with van der Waals surface area (Å²) in [7, 11) is 1.49. The van der Waals surface area contributed by atoms with E-state index < -0.39 is 101 Å². The Morgan fingerprint density at radius 3 is 2.20 bits per heavy atom. The Labute approximate surface area is 289 Å². The SMILES string of the molecule is C=CCNC(=O)C(=O)C(CCCC(F)(F)F)NC(=O)[C@@H]1CCCN1C(=O)[C@@H](NC(=O)N[C@H](CNCCN(C)S(=O)O)C(C)(C)C)C(C)(C)C. The summed E-state index contributed by atoms with van der Waals surface area (Å²) >= 11 is -2.11. The van der Waals surface area contributed by atoms with Gasteiger partial charge in [-0.25, -0.2) is 13.3 Å². The summed E-state index contributed by atoms with van der Waals surface area (Å²) in [6.07, 6.45) is -4.75. The average molecular weight is 726 g/mol. The lowest BCUT2D eigenvalue weighted by molar-refractivity contribution is -0.144. The van der Waals surface area contributed by atoms with E-state index in [9.17, 15) is 41.4 Å². The minimum Gasteiger partial charge on any atom is -0.346 e. The molecule has 49 heavy (non-hydrogen) atoms. The number of ketones is 1. The zero-order chi connectivity index (χ0) is 37.7. The zero-order valence-corrected chi connectivity index (χ0v) is 30.3. The quantitative estimate of drug-likeness (QED) is 0.0535. The minimum atomic E-state index is -4.50. The Morgan fingerprint density at radius 1 is 1.04 bits per heavy atom. The molecule has 0 bridgehead atoms. The molecule has 18 heteroatoms. The van der Waals surface area contributed by atoms with Crippen molar-refractivity contribution in [3.63, 3.8) is 0 Å². The van der Waals surface area contributed by atoms with E-state index in [0.717, 1.165) is 0 Å². The first-order chi connectivity index (χ1) is 22.5. The van der Waals surface area contributed by atoms with E-state index in [1.54, 1.807) is 20.8 Å². The van der Waals surface area contributed by atoms with Gasteiger partial charge in [0.15, 0.2) is 0 Å². The van der Waals surface area contributed by atoms with Crippen molar-refractivity contribution >= 4 is 40.8 Å². The molecule has 0 aromatic carbocycles. The highest BCUT2D eigenvalue weighted by atomic mass is 32.2. The van der Waals surface area contributed by atoms with Gasteiger partial charge in [-0.2, -0.15) is 13.2 Å². The van der Waals surface area contributed by atoms with Crippen LogP contribution in [0.1, 0.15) is 73.6 Å². The van der Waals surface area contributed by atoms with Gasteiger partial charge in [0.2, 0.25) is 28.9 Å². The number of nitrogens with zero attached hydrogens (tertiary/aromatic N) is 2. The second-order valence-corrected chi connectivity index (χ2v) is 15.3. The number of carbonyl (C=O) groups is 5. The molecular weight excluding hydrogens is 671 g/mol.